The molecule has 1 aromatic carbocycles. The van der Waals surface area contributed by atoms with Crippen LogP contribution in [0.4, 0.5) is 4.39 Å². The molecule has 1 N–H and O–H groups in total. The van der Waals surface area contributed by atoms with Gasteiger partial charge in [0.1, 0.15) is 11.6 Å². The van der Waals surface area contributed by atoms with E-state index in [4.69, 9.17) is 4.74 Å². The van der Waals surface area contributed by atoms with Crippen LogP contribution in [0.25, 0.3) is 0 Å². The zero-order valence-electron chi connectivity index (χ0n) is 13.4. The molecule has 2 atom stereocenters. The fraction of sp³-hybridized carbons (Fsp3) is 0.647. The van der Waals surface area contributed by atoms with Crippen LogP contribution in [0.15, 0.2) is 18.2 Å². The summed E-state index contributed by atoms with van der Waals surface area (Å²) in [5.74, 6) is 1.27. The van der Waals surface area contributed by atoms with Crippen molar-refractivity contribution < 1.29 is 9.13 Å². The molecule has 3 nitrogen and oxygen atoms in total. The molecule has 2 rings (SSSR count). The molecule has 0 spiro atoms. The number of benzene rings is 1. The van der Waals surface area contributed by atoms with Gasteiger partial charge in [-0.1, -0.05) is 19.4 Å². The molecule has 1 fully saturated rings. The number of halogens is 1. The molecule has 1 aromatic rings. The Morgan fingerprint density at radius 3 is 2.90 bits per heavy atom. The quantitative estimate of drug-likeness (QED) is 0.835. The van der Waals surface area contributed by atoms with Crippen molar-refractivity contribution in [3.05, 3.63) is 29.6 Å². The molecule has 0 aliphatic carbocycles. The van der Waals surface area contributed by atoms with Gasteiger partial charge >= 0.3 is 0 Å². The number of hydrogen-bond acceptors (Lipinski definition) is 3. The van der Waals surface area contributed by atoms with Gasteiger partial charge in [0, 0.05) is 18.2 Å². The third kappa shape index (κ3) is 3.95. The molecule has 0 bridgehead atoms. The first kappa shape index (κ1) is 16.2. The van der Waals surface area contributed by atoms with Gasteiger partial charge < -0.3 is 15.0 Å². The molecule has 0 saturated carbocycles. The first-order valence-corrected chi connectivity index (χ1v) is 7.91. The van der Waals surface area contributed by atoms with Crippen LogP contribution in [0.2, 0.25) is 0 Å². The van der Waals surface area contributed by atoms with Crippen LogP contribution in [0, 0.1) is 11.7 Å². The summed E-state index contributed by atoms with van der Waals surface area (Å²) < 4.78 is 19.5. The summed E-state index contributed by atoms with van der Waals surface area (Å²) in [5.41, 5.74) is 0.647. The van der Waals surface area contributed by atoms with Crippen molar-refractivity contribution in [2.75, 3.05) is 33.8 Å². The second-order valence-electron chi connectivity index (χ2n) is 5.85. The highest BCUT2D eigenvalue weighted by molar-refractivity contribution is 5.37. The van der Waals surface area contributed by atoms with Gasteiger partial charge in [0.05, 0.1) is 7.11 Å². The van der Waals surface area contributed by atoms with Crippen molar-refractivity contribution in [2.24, 2.45) is 5.92 Å². The SMILES string of the molecule is CCC1CCN(CCC(NC)c2c(F)cccc2OC)C1. The van der Waals surface area contributed by atoms with Crippen molar-refractivity contribution in [3.63, 3.8) is 0 Å². The first-order valence-electron chi connectivity index (χ1n) is 7.91. The highest BCUT2D eigenvalue weighted by atomic mass is 19.1. The van der Waals surface area contributed by atoms with Gasteiger partial charge in [0.25, 0.3) is 0 Å². The Bertz CT molecular complexity index is 452. The number of nitrogens with zero attached hydrogens (tertiary/aromatic N) is 1. The Labute approximate surface area is 127 Å². The van der Waals surface area contributed by atoms with E-state index >= 15 is 0 Å². The standard InChI is InChI=1S/C17H27FN2O/c1-4-13-8-10-20(12-13)11-9-15(19-2)17-14(18)6-5-7-16(17)21-3/h5-7,13,15,19H,4,8-12H2,1-3H3. The molecular formula is C17H27FN2O. The van der Waals surface area contributed by atoms with Crippen LogP contribution in [0.3, 0.4) is 0 Å². The van der Waals surface area contributed by atoms with E-state index in [9.17, 15) is 4.39 Å². The third-order valence-electron chi connectivity index (χ3n) is 4.61. The van der Waals surface area contributed by atoms with Crippen molar-refractivity contribution in [2.45, 2.75) is 32.2 Å². The predicted octanol–water partition coefficient (Wildman–Crippen LogP) is 3.22. The Balaban J connectivity index is 2.00. The van der Waals surface area contributed by atoms with E-state index in [0.717, 1.165) is 18.9 Å². The average molecular weight is 294 g/mol. The Kier molecular flexibility index (Phi) is 6.00. The van der Waals surface area contributed by atoms with E-state index < -0.39 is 0 Å². The molecule has 2 unspecified atom stereocenters. The van der Waals surface area contributed by atoms with E-state index in [1.165, 1.54) is 32.0 Å². The van der Waals surface area contributed by atoms with E-state index in [-0.39, 0.29) is 11.9 Å². The molecule has 1 aliphatic rings. The normalized spacial score (nSPS) is 20.7. The van der Waals surface area contributed by atoms with Crippen LogP contribution in [0.1, 0.15) is 37.8 Å². The number of nitrogens with one attached hydrogen (secondary N) is 1. The number of ether oxygens (including phenoxy) is 1. The topological polar surface area (TPSA) is 24.5 Å². The third-order valence-corrected chi connectivity index (χ3v) is 4.61. The van der Waals surface area contributed by atoms with Gasteiger partial charge in [-0.15, -0.1) is 0 Å². The fourth-order valence-electron chi connectivity index (χ4n) is 3.23. The second-order valence-corrected chi connectivity index (χ2v) is 5.85. The zero-order valence-corrected chi connectivity index (χ0v) is 13.4. The van der Waals surface area contributed by atoms with Crippen molar-refractivity contribution in [1.82, 2.24) is 10.2 Å². The van der Waals surface area contributed by atoms with Crippen molar-refractivity contribution >= 4 is 0 Å². The summed E-state index contributed by atoms with van der Waals surface area (Å²) in [4.78, 5) is 2.49. The second kappa shape index (κ2) is 7.76. The van der Waals surface area contributed by atoms with Gasteiger partial charge in [-0.2, -0.15) is 0 Å². The number of rotatable bonds is 7. The summed E-state index contributed by atoms with van der Waals surface area (Å²) >= 11 is 0. The van der Waals surface area contributed by atoms with Gasteiger partial charge in [-0.05, 0) is 51.0 Å². The lowest BCUT2D eigenvalue weighted by Crippen LogP contribution is -2.27. The Morgan fingerprint density at radius 2 is 2.29 bits per heavy atom. The van der Waals surface area contributed by atoms with Crippen LogP contribution in [0.5, 0.6) is 5.75 Å². The van der Waals surface area contributed by atoms with E-state index in [1.54, 1.807) is 13.2 Å². The van der Waals surface area contributed by atoms with Crippen LogP contribution >= 0.6 is 0 Å². The summed E-state index contributed by atoms with van der Waals surface area (Å²) in [7, 11) is 3.48. The van der Waals surface area contributed by atoms with Gasteiger partial charge in [0.2, 0.25) is 0 Å². The largest absolute Gasteiger partial charge is 0.496 e. The molecular weight excluding hydrogens is 267 g/mol. The van der Waals surface area contributed by atoms with Gasteiger partial charge in [-0.25, -0.2) is 4.39 Å². The minimum Gasteiger partial charge on any atom is -0.496 e. The lowest BCUT2D eigenvalue weighted by Gasteiger charge is -2.23. The highest BCUT2D eigenvalue weighted by Crippen LogP contribution is 2.30. The molecule has 1 heterocycles. The minimum absolute atomic E-state index is 0.0122. The molecule has 118 valence electrons. The number of likely N-dealkylation sites (tertiary alicyclic amines) is 1. The van der Waals surface area contributed by atoms with E-state index in [2.05, 4.69) is 17.1 Å². The van der Waals surface area contributed by atoms with Crippen LogP contribution in [-0.2, 0) is 0 Å². The van der Waals surface area contributed by atoms with Crippen LogP contribution in [-0.4, -0.2) is 38.7 Å². The molecule has 0 amide bonds. The maximum Gasteiger partial charge on any atom is 0.131 e. The van der Waals surface area contributed by atoms with Crippen molar-refractivity contribution in [3.8, 4) is 5.75 Å². The summed E-state index contributed by atoms with van der Waals surface area (Å²) in [6.45, 7) is 5.61. The highest BCUT2D eigenvalue weighted by Gasteiger charge is 2.23. The maximum absolute atomic E-state index is 14.2. The van der Waals surface area contributed by atoms with Gasteiger partial charge in [-0.3, -0.25) is 0 Å². The van der Waals surface area contributed by atoms with Crippen molar-refractivity contribution in [1.29, 1.82) is 0 Å². The lowest BCUT2D eigenvalue weighted by molar-refractivity contribution is 0.296. The molecule has 4 heteroatoms. The molecule has 0 radical (unpaired) electrons. The summed E-state index contributed by atoms with van der Waals surface area (Å²) in [6, 6.07) is 5.01. The smallest absolute Gasteiger partial charge is 0.131 e. The summed E-state index contributed by atoms with van der Waals surface area (Å²) in [6.07, 6.45) is 3.45. The van der Waals surface area contributed by atoms with E-state index in [1.807, 2.05) is 13.1 Å². The summed E-state index contributed by atoms with van der Waals surface area (Å²) in [5, 5.41) is 3.24. The fourth-order valence-corrected chi connectivity index (χ4v) is 3.23. The zero-order chi connectivity index (χ0) is 15.2. The molecule has 1 aliphatic heterocycles. The maximum atomic E-state index is 14.2. The number of methoxy groups -OCH3 is 1. The molecule has 0 aromatic heterocycles. The monoisotopic (exact) mass is 294 g/mol. The van der Waals surface area contributed by atoms with Gasteiger partial charge in [0.15, 0.2) is 0 Å². The number of hydrogen-bond donors (Lipinski definition) is 1. The first-order chi connectivity index (χ1) is 10.2. The molecule has 21 heavy (non-hydrogen) atoms. The predicted molar refractivity (Wildman–Crippen MR) is 84.2 cm³/mol. The average Bonchev–Trinajstić information content (AvgIpc) is 2.97. The lowest BCUT2D eigenvalue weighted by atomic mass is 10.0. The minimum atomic E-state index is -0.193. The Morgan fingerprint density at radius 1 is 1.48 bits per heavy atom. The van der Waals surface area contributed by atoms with Crippen LogP contribution < -0.4 is 10.1 Å². The molecule has 1 saturated heterocycles. The Hall–Kier alpha value is -1.13. The van der Waals surface area contributed by atoms with E-state index in [0.29, 0.717) is 11.3 Å².